The SMILES string of the molecule is CCOC1CC(CC(=O)c2cn(C)c3cc(Cl)ccc23)C1. The number of aromatic nitrogens is 1. The highest BCUT2D eigenvalue weighted by Crippen LogP contribution is 2.34. The Morgan fingerprint density at radius 3 is 2.90 bits per heavy atom. The van der Waals surface area contributed by atoms with Crippen LogP contribution in [0.4, 0.5) is 0 Å². The smallest absolute Gasteiger partial charge is 0.165 e. The number of benzene rings is 1. The zero-order valence-corrected chi connectivity index (χ0v) is 13.2. The molecule has 21 heavy (non-hydrogen) atoms. The van der Waals surface area contributed by atoms with Crippen molar-refractivity contribution in [3.05, 3.63) is 35.0 Å². The van der Waals surface area contributed by atoms with Crippen LogP contribution in [0, 0.1) is 5.92 Å². The fourth-order valence-corrected chi connectivity index (χ4v) is 3.33. The Bertz CT molecular complexity index is 671. The standard InChI is InChI=1S/C17H20ClNO2/c1-3-21-13-6-11(7-13)8-17(20)15-10-19(2)16-9-12(18)4-5-14(15)16/h4-5,9-11,13H,3,6-8H2,1-2H3. The molecule has 0 saturated heterocycles. The molecular formula is C17H20ClNO2. The normalized spacial score (nSPS) is 21.5. The van der Waals surface area contributed by atoms with Crippen molar-refractivity contribution in [1.82, 2.24) is 4.57 Å². The molecule has 1 aliphatic carbocycles. The highest BCUT2D eigenvalue weighted by molar-refractivity contribution is 6.31. The average Bonchev–Trinajstić information content (AvgIpc) is 2.73. The second-order valence-corrected chi connectivity index (χ2v) is 6.29. The molecule has 2 aromatic rings. The lowest BCUT2D eigenvalue weighted by Gasteiger charge is -2.34. The largest absolute Gasteiger partial charge is 0.378 e. The lowest BCUT2D eigenvalue weighted by atomic mass is 9.78. The maximum atomic E-state index is 12.5. The Morgan fingerprint density at radius 1 is 1.43 bits per heavy atom. The highest BCUT2D eigenvalue weighted by Gasteiger charge is 2.31. The maximum absolute atomic E-state index is 12.5. The number of aryl methyl sites for hydroxylation is 1. The number of carbonyl (C=O) groups is 1. The molecule has 0 spiro atoms. The van der Waals surface area contributed by atoms with Crippen LogP contribution >= 0.6 is 11.6 Å². The monoisotopic (exact) mass is 305 g/mol. The number of rotatable bonds is 5. The van der Waals surface area contributed by atoms with Gasteiger partial charge in [-0.2, -0.15) is 0 Å². The van der Waals surface area contributed by atoms with Gasteiger partial charge in [-0.1, -0.05) is 17.7 Å². The van der Waals surface area contributed by atoms with E-state index in [0.717, 1.165) is 35.9 Å². The van der Waals surface area contributed by atoms with Gasteiger partial charge in [0.15, 0.2) is 5.78 Å². The summed E-state index contributed by atoms with van der Waals surface area (Å²) >= 11 is 6.03. The summed E-state index contributed by atoms with van der Waals surface area (Å²) in [5.74, 6) is 0.694. The van der Waals surface area contributed by atoms with E-state index >= 15 is 0 Å². The summed E-state index contributed by atoms with van der Waals surface area (Å²) in [5.41, 5.74) is 1.82. The van der Waals surface area contributed by atoms with Gasteiger partial charge in [0.2, 0.25) is 0 Å². The third-order valence-electron chi connectivity index (χ3n) is 4.32. The first-order chi connectivity index (χ1) is 10.1. The lowest BCUT2D eigenvalue weighted by Crippen LogP contribution is -2.32. The molecule has 1 fully saturated rings. The van der Waals surface area contributed by atoms with Crippen molar-refractivity contribution in [2.24, 2.45) is 13.0 Å². The van der Waals surface area contributed by atoms with Crippen LogP contribution < -0.4 is 0 Å². The Morgan fingerprint density at radius 2 is 2.19 bits per heavy atom. The molecule has 0 amide bonds. The van der Waals surface area contributed by atoms with Crippen LogP contribution in [0.1, 0.15) is 36.5 Å². The van der Waals surface area contributed by atoms with Crippen molar-refractivity contribution in [3.63, 3.8) is 0 Å². The first kappa shape index (κ1) is 14.6. The van der Waals surface area contributed by atoms with Crippen LogP contribution in [0.2, 0.25) is 5.02 Å². The molecule has 112 valence electrons. The molecule has 1 aromatic carbocycles. The second-order valence-electron chi connectivity index (χ2n) is 5.86. The Labute approximate surface area is 129 Å². The van der Waals surface area contributed by atoms with E-state index in [2.05, 4.69) is 0 Å². The number of halogens is 1. The van der Waals surface area contributed by atoms with E-state index in [0.29, 0.717) is 23.5 Å². The third-order valence-corrected chi connectivity index (χ3v) is 4.56. The minimum Gasteiger partial charge on any atom is -0.378 e. The van der Waals surface area contributed by atoms with Gasteiger partial charge in [0, 0.05) is 47.8 Å². The number of fused-ring (bicyclic) bond motifs is 1. The minimum absolute atomic E-state index is 0.225. The number of Topliss-reactive ketones (excluding diaryl/α,β-unsaturated/α-hetero) is 1. The molecule has 4 heteroatoms. The van der Waals surface area contributed by atoms with Gasteiger partial charge in [0.1, 0.15) is 0 Å². The fourth-order valence-electron chi connectivity index (χ4n) is 3.16. The predicted molar refractivity (Wildman–Crippen MR) is 85.0 cm³/mol. The summed E-state index contributed by atoms with van der Waals surface area (Å²) in [6.07, 6.45) is 4.92. The van der Waals surface area contributed by atoms with Gasteiger partial charge in [0.25, 0.3) is 0 Å². The number of hydrogen-bond acceptors (Lipinski definition) is 2. The van der Waals surface area contributed by atoms with E-state index in [9.17, 15) is 4.79 Å². The molecule has 0 radical (unpaired) electrons. The zero-order chi connectivity index (χ0) is 15.0. The molecule has 1 aromatic heterocycles. The zero-order valence-electron chi connectivity index (χ0n) is 12.4. The molecule has 3 rings (SSSR count). The molecule has 3 nitrogen and oxygen atoms in total. The predicted octanol–water partition coefficient (Wildman–Crippen LogP) is 4.22. The summed E-state index contributed by atoms with van der Waals surface area (Å²) < 4.78 is 7.52. The summed E-state index contributed by atoms with van der Waals surface area (Å²) in [7, 11) is 1.95. The lowest BCUT2D eigenvalue weighted by molar-refractivity contribution is -0.0245. The minimum atomic E-state index is 0.225. The quantitative estimate of drug-likeness (QED) is 0.774. The molecule has 0 aliphatic heterocycles. The molecule has 1 heterocycles. The van der Waals surface area contributed by atoms with Crippen LogP contribution in [0.3, 0.4) is 0 Å². The molecular weight excluding hydrogens is 286 g/mol. The van der Waals surface area contributed by atoms with Crippen LogP contribution in [0.15, 0.2) is 24.4 Å². The molecule has 0 unspecified atom stereocenters. The van der Waals surface area contributed by atoms with Gasteiger partial charge >= 0.3 is 0 Å². The first-order valence-electron chi connectivity index (χ1n) is 7.48. The fraction of sp³-hybridized carbons (Fsp3) is 0.471. The number of nitrogens with zero attached hydrogens (tertiary/aromatic N) is 1. The summed E-state index contributed by atoms with van der Waals surface area (Å²) in [5, 5.41) is 1.69. The van der Waals surface area contributed by atoms with E-state index in [4.69, 9.17) is 16.3 Å². The number of hydrogen-bond donors (Lipinski definition) is 0. The maximum Gasteiger partial charge on any atom is 0.165 e. The average molecular weight is 306 g/mol. The molecule has 0 bridgehead atoms. The number of ether oxygens (including phenoxy) is 1. The van der Waals surface area contributed by atoms with E-state index in [1.807, 2.05) is 42.9 Å². The molecule has 1 saturated carbocycles. The van der Waals surface area contributed by atoms with E-state index < -0.39 is 0 Å². The molecule has 0 atom stereocenters. The van der Waals surface area contributed by atoms with Crippen molar-refractivity contribution in [2.45, 2.75) is 32.3 Å². The number of ketones is 1. The van der Waals surface area contributed by atoms with Gasteiger partial charge in [-0.05, 0) is 37.8 Å². The summed E-state index contributed by atoms with van der Waals surface area (Å²) in [6.45, 7) is 2.77. The first-order valence-corrected chi connectivity index (χ1v) is 7.85. The topological polar surface area (TPSA) is 31.2 Å². The van der Waals surface area contributed by atoms with Gasteiger partial charge < -0.3 is 9.30 Å². The van der Waals surface area contributed by atoms with Crippen LogP contribution in [-0.2, 0) is 11.8 Å². The highest BCUT2D eigenvalue weighted by atomic mass is 35.5. The van der Waals surface area contributed by atoms with Crippen LogP contribution in [0.5, 0.6) is 0 Å². The van der Waals surface area contributed by atoms with Crippen LogP contribution in [-0.4, -0.2) is 23.1 Å². The van der Waals surface area contributed by atoms with E-state index in [-0.39, 0.29) is 5.78 Å². The van der Waals surface area contributed by atoms with Crippen molar-refractivity contribution < 1.29 is 9.53 Å². The van der Waals surface area contributed by atoms with Gasteiger partial charge in [0.05, 0.1) is 6.10 Å². The Hall–Kier alpha value is -1.32. The number of carbonyl (C=O) groups excluding carboxylic acids is 1. The second kappa shape index (κ2) is 5.82. The Balaban J connectivity index is 1.74. The van der Waals surface area contributed by atoms with Gasteiger partial charge in [-0.3, -0.25) is 4.79 Å². The third kappa shape index (κ3) is 2.85. The van der Waals surface area contributed by atoms with Crippen molar-refractivity contribution in [1.29, 1.82) is 0 Å². The van der Waals surface area contributed by atoms with Crippen molar-refractivity contribution in [3.8, 4) is 0 Å². The molecule has 1 aliphatic rings. The van der Waals surface area contributed by atoms with Crippen LogP contribution in [0.25, 0.3) is 10.9 Å². The summed E-state index contributed by atoms with van der Waals surface area (Å²) in [6, 6.07) is 5.69. The van der Waals surface area contributed by atoms with Crippen molar-refractivity contribution in [2.75, 3.05) is 6.61 Å². The van der Waals surface area contributed by atoms with Crippen molar-refractivity contribution >= 4 is 28.3 Å². The van der Waals surface area contributed by atoms with Gasteiger partial charge in [-0.25, -0.2) is 0 Å². The summed E-state index contributed by atoms with van der Waals surface area (Å²) in [4.78, 5) is 12.5. The molecule has 0 N–H and O–H groups in total. The van der Waals surface area contributed by atoms with Gasteiger partial charge in [-0.15, -0.1) is 0 Å². The van der Waals surface area contributed by atoms with E-state index in [1.165, 1.54) is 0 Å². The van der Waals surface area contributed by atoms with E-state index in [1.54, 1.807) is 0 Å². The Kier molecular flexibility index (Phi) is 4.05.